The lowest BCUT2D eigenvalue weighted by Gasteiger charge is -2.33. The van der Waals surface area contributed by atoms with Crippen molar-refractivity contribution < 1.29 is 33.3 Å². The molecule has 0 radical (unpaired) electrons. The second-order valence-corrected chi connectivity index (χ2v) is 22.6. The SMILES string of the molecule is CN(CC(CNCC(C)(C)C)NC(=O)OCC(COC(=O)NC(CN(C)CC(C)(C)C)CN(C)CC(C)(C)C)CC(=O)OCCOCCC(C)(C)C)CC(C)(C)C. The molecule has 338 valence electrons. The summed E-state index contributed by atoms with van der Waals surface area (Å²) in [6, 6.07) is -0.429. The van der Waals surface area contributed by atoms with Crippen LogP contribution in [-0.4, -0.2) is 151 Å². The number of hydrogen-bond donors (Lipinski definition) is 3. The Morgan fingerprint density at radius 1 is 0.526 bits per heavy atom. The van der Waals surface area contributed by atoms with Gasteiger partial charge < -0.3 is 49.6 Å². The van der Waals surface area contributed by atoms with Crippen molar-refractivity contribution in [3.63, 3.8) is 0 Å². The predicted octanol–water partition coefficient (Wildman–Crippen LogP) is 6.75. The molecule has 0 aromatic carbocycles. The molecule has 3 N–H and O–H groups in total. The molecule has 2 unspecified atom stereocenters. The average molecular weight is 815 g/mol. The minimum Gasteiger partial charge on any atom is -0.463 e. The van der Waals surface area contributed by atoms with E-state index in [9.17, 15) is 14.4 Å². The number of hydrogen-bond acceptors (Lipinski definition) is 11. The number of carbonyl (C=O) groups excluding carboxylic acids is 3. The Hall–Kier alpha value is -2.19. The summed E-state index contributed by atoms with van der Waals surface area (Å²) in [4.78, 5) is 46.2. The fourth-order valence-electron chi connectivity index (χ4n) is 6.64. The van der Waals surface area contributed by atoms with Crippen molar-refractivity contribution >= 4 is 18.2 Å². The van der Waals surface area contributed by atoms with Gasteiger partial charge in [0.05, 0.1) is 38.3 Å². The van der Waals surface area contributed by atoms with Gasteiger partial charge in [0.15, 0.2) is 0 Å². The molecule has 0 aromatic heterocycles. The van der Waals surface area contributed by atoms with Gasteiger partial charge in [0.2, 0.25) is 0 Å². The van der Waals surface area contributed by atoms with Crippen LogP contribution in [0.1, 0.15) is 117 Å². The third-order valence-corrected chi connectivity index (χ3v) is 8.36. The van der Waals surface area contributed by atoms with Crippen molar-refractivity contribution in [2.75, 3.05) is 107 Å². The number of esters is 1. The van der Waals surface area contributed by atoms with Crippen LogP contribution in [0.4, 0.5) is 9.59 Å². The topological polar surface area (TPSA) is 134 Å². The van der Waals surface area contributed by atoms with Gasteiger partial charge in [-0.15, -0.1) is 0 Å². The van der Waals surface area contributed by atoms with Crippen molar-refractivity contribution in [3.8, 4) is 0 Å². The van der Waals surface area contributed by atoms with Crippen LogP contribution >= 0.6 is 0 Å². The van der Waals surface area contributed by atoms with Crippen LogP contribution in [0.3, 0.4) is 0 Å². The molecular formula is C44H90N6O7. The summed E-state index contributed by atoms with van der Waals surface area (Å²) in [6.45, 7) is 39.1. The minimum atomic E-state index is -0.623. The lowest BCUT2D eigenvalue weighted by molar-refractivity contribution is -0.147. The van der Waals surface area contributed by atoms with Crippen molar-refractivity contribution in [1.29, 1.82) is 0 Å². The van der Waals surface area contributed by atoms with E-state index in [2.05, 4.69) is 149 Å². The summed E-state index contributed by atoms with van der Waals surface area (Å²) >= 11 is 0. The quantitative estimate of drug-likeness (QED) is 0.0514. The summed E-state index contributed by atoms with van der Waals surface area (Å²) in [5, 5.41) is 9.58. The number of rotatable bonds is 25. The highest BCUT2D eigenvalue weighted by atomic mass is 16.6. The number of ether oxygens (including phenoxy) is 4. The van der Waals surface area contributed by atoms with Crippen LogP contribution in [-0.2, 0) is 23.7 Å². The van der Waals surface area contributed by atoms with E-state index in [1.165, 1.54) is 0 Å². The number of nitrogens with one attached hydrogen (secondary N) is 3. The Bertz CT molecular complexity index is 1110. The van der Waals surface area contributed by atoms with Gasteiger partial charge in [-0.05, 0) is 54.6 Å². The lowest BCUT2D eigenvalue weighted by atomic mass is 9.93. The molecule has 2 atom stereocenters. The molecule has 0 heterocycles. The summed E-state index contributed by atoms with van der Waals surface area (Å²) in [7, 11) is 6.16. The van der Waals surface area contributed by atoms with Crippen molar-refractivity contribution in [2.45, 2.75) is 129 Å². The molecule has 0 fully saturated rings. The molecular weight excluding hydrogens is 725 g/mol. The molecule has 0 aliphatic rings. The third-order valence-electron chi connectivity index (χ3n) is 8.36. The summed E-state index contributed by atoms with van der Waals surface area (Å²) in [5.41, 5.74) is 0.512. The minimum absolute atomic E-state index is 0.0831. The van der Waals surface area contributed by atoms with Crippen molar-refractivity contribution in [2.24, 2.45) is 33.0 Å². The highest BCUT2D eigenvalue weighted by Crippen LogP contribution is 2.19. The smallest absolute Gasteiger partial charge is 0.407 e. The highest BCUT2D eigenvalue weighted by Gasteiger charge is 2.26. The van der Waals surface area contributed by atoms with Gasteiger partial charge in [-0.3, -0.25) is 4.79 Å². The van der Waals surface area contributed by atoms with Gasteiger partial charge in [-0.25, -0.2) is 9.59 Å². The first-order chi connectivity index (χ1) is 25.8. The Labute approximate surface area is 349 Å². The second kappa shape index (κ2) is 25.4. The zero-order valence-electron chi connectivity index (χ0n) is 40.0. The Morgan fingerprint density at radius 2 is 0.947 bits per heavy atom. The molecule has 13 nitrogen and oxygen atoms in total. The van der Waals surface area contributed by atoms with Crippen molar-refractivity contribution in [1.82, 2.24) is 30.7 Å². The zero-order chi connectivity index (χ0) is 44.3. The molecule has 0 aliphatic carbocycles. The normalized spacial score (nSPS) is 14.3. The summed E-state index contributed by atoms with van der Waals surface area (Å²) in [6.07, 6.45) is -0.390. The second-order valence-electron chi connectivity index (χ2n) is 22.6. The van der Waals surface area contributed by atoms with Crippen LogP contribution in [0.15, 0.2) is 0 Å². The van der Waals surface area contributed by atoms with Gasteiger partial charge in [-0.2, -0.15) is 0 Å². The molecule has 0 rings (SSSR count). The number of likely N-dealkylation sites (N-methyl/N-ethyl adjacent to an activating group) is 3. The fraction of sp³-hybridized carbons (Fsp3) is 0.932. The van der Waals surface area contributed by atoms with Gasteiger partial charge in [0.1, 0.15) is 6.61 Å². The molecule has 57 heavy (non-hydrogen) atoms. The Morgan fingerprint density at radius 3 is 1.35 bits per heavy atom. The molecule has 13 heteroatoms. The molecule has 0 saturated heterocycles. The maximum atomic E-state index is 13.3. The van der Waals surface area contributed by atoms with Crippen LogP contribution in [0.5, 0.6) is 0 Å². The van der Waals surface area contributed by atoms with E-state index >= 15 is 0 Å². The largest absolute Gasteiger partial charge is 0.463 e. The average Bonchev–Trinajstić information content (AvgIpc) is 2.95. The molecule has 0 aromatic rings. The van der Waals surface area contributed by atoms with E-state index in [1.807, 2.05) is 7.05 Å². The molecule has 2 amide bonds. The van der Waals surface area contributed by atoms with Crippen LogP contribution in [0.2, 0.25) is 0 Å². The van der Waals surface area contributed by atoms with Gasteiger partial charge in [-0.1, -0.05) is 104 Å². The number of nitrogens with zero attached hydrogens (tertiary/aromatic N) is 3. The first kappa shape index (κ1) is 54.8. The predicted molar refractivity (Wildman–Crippen MR) is 234 cm³/mol. The first-order valence-electron chi connectivity index (χ1n) is 21.2. The zero-order valence-corrected chi connectivity index (χ0v) is 40.0. The highest BCUT2D eigenvalue weighted by molar-refractivity contribution is 5.70. The number of carbonyl (C=O) groups is 3. The fourth-order valence-corrected chi connectivity index (χ4v) is 6.64. The Kier molecular flexibility index (Phi) is 24.5. The molecule has 0 bridgehead atoms. The molecule has 0 aliphatic heterocycles. The number of alkyl carbamates (subject to hydrolysis) is 2. The van der Waals surface area contributed by atoms with E-state index in [-0.39, 0.29) is 72.0 Å². The maximum Gasteiger partial charge on any atom is 0.407 e. The van der Waals surface area contributed by atoms with E-state index in [0.29, 0.717) is 32.8 Å². The van der Waals surface area contributed by atoms with E-state index in [0.717, 1.165) is 32.6 Å². The lowest BCUT2D eigenvalue weighted by Crippen LogP contribution is -2.51. The standard InChI is InChI=1S/C44H90N6O7/c1-40(2,3)19-20-54-21-22-55-37(51)23-34(28-56-38(52)46-35(24-45-30-41(4,5)6)25-48(16)31-42(7,8)9)29-57-39(53)47-36(26-49(17)32-43(10,11)12)27-50(18)33-44(13,14)15/h34-36,45H,19-33H2,1-18H3,(H,46,52)(H,47,53). The molecule has 0 spiro atoms. The summed E-state index contributed by atoms with van der Waals surface area (Å²) < 4.78 is 22.6. The monoisotopic (exact) mass is 815 g/mol. The van der Waals surface area contributed by atoms with Crippen LogP contribution in [0.25, 0.3) is 0 Å². The number of amides is 2. The Balaban J connectivity index is 5.78. The van der Waals surface area contributed by atoms with Crippen molar-refractivity contribution in [3.05, 3.63) is 0 Å². The van der Waals surface area contributed by atoms with E-state index in [4.69, 9.17) is 18.9 Å². The van der Waals surface area contributed by atoms with Crippen LogP contribution in [0, 0.1) is 33.0 Å². The first-order valence-corrected chi connectivity index (χ1v) is 21.2. The van der Waals surface area contributed by atoms with Gasteiger partial charge >= 0.3 is 18.2 Å². The van der Waals surface area contributed by atoms with Gasteiger partial charge in [0.25, 0.3) is 0 Å². The third kappa shape index (κ3) is 35.5. The molecule has 0 saturated carbocycles. The van der Waals surface area contributed by atoms with E-state index in [1.54, 1.807) is 0 Å². The maximum absolute atomic E-state index is 13.3. The van der Waals surface area contributed by atoms with E-state index < -0.39 is 24.1 Å². The van der Waals surface area contributed by atoms with Gasteiger partial charge in [0, 0.05) is 64.9 Å². The van der Waals surface area contributed by atoms with Crippen LogP contribution < -0.4 is 16.0 Å². The summed E-state index contributed by atoms with van der Waals surface area (Å²) in [5.74, 6) is -1.10.